The third-order valence-corrected chi connectivity index (χ3v) is 4.13. The van der Waals surface area contributed by atoms with Crippen LogP contribution in [-0.2, 0) is 13.0 Å². The van der Waals surface area contributed by atoms with Crippen LogP contribution in [0.1, 0.15) is 11.1 Å². The van der Waals surface area contributed by atoms with Crippen molar-refractivity contribution >= 4 is 16.5 Å². The molecule has 1 aliphatic heterocycles. The van der Waals surface area contributed by atoms with Crippen molar-refractivity contribution in [1.29, 1.82) is 0 Å². The predicted octanol–water partition coefficient (Wildman–Crippen LogP) is 1.13. The van der Waals surface area contributed by atoms with E-state index >= 15 is 0 Å². The molecule has 3 aromatic carbocycles. The fraction of sp³-hybridized carbons (Fsp3) is 0.167. The summed E-state index contributed by atoms with van der Waals surface area (Å²) in [7, 11) is 0. The Hall–Kier alpha value is -1.55. The van der Waals surface area contributed by atoms with E-state index in [9.17, 15) is 0 Å². The van der Waals surface area contributed by atoms with Crippen LogP contribution < -0.4 is 23.8 Å². The molecule has 0 spiro atoms. The van der Waals surface area contributed by atoms with Crippen molar-refractivity contribution in [3.8, 4) is 0 Å². The quantitative estimate of drug-likeness (QED) is 0.464. The van der Waals surface area contributed by atoms with Crippen molar-refractivity contribution in [3.05, 3.63) is 71.8 Å². The smallest absolute Gasteiger partial charge is 0.413 e. The van der Waals surface area contributed by atoms with Crippen LogP contribution in [0.25, 0.3) is 10.8 Å². The molecule has 0 saturated heterocycles. The van der Waals surface area contributed by atoms with Crippen LogP contribution in [0.2, 0.25) is 0 Å². The zero-order valence-electron chi connectivity index (χ0n) is 11.8. The standard InChI is InChI=1S/C18H16N.Li/c1-2-7-16-13-19(12-11-14(16)5-1)18-10-9-15-6-3-4-8-17(15)18;/h1-10H,11-13H2;/q-1;+1. The van der Waals surface area contributed by atoms with Crippen LogP contribution in [0.3, 0.4) is 0 Å². The second-order valence-electron chi connectivity index (χ2n) is 5.25. The second kappa shape index (κ2) is 5.44. The summed E-state index contributed by atoms with van der Waals surface area (Å²) in [6.07, 6.45) is 1.15. The summed E-state index contributed by atoms with van der Waals surface area (Å²) in [5, 5.41) is 2.72. The van der Waals surface area contributed by atoms with Crippen molar-refractivity contribution in [2.45, 2.75) is 13.0 Å². The van der Waals surface area contributed by atoms with E-state index in [0.29, 0.717) is 0 Å². The Morgan fingerprint density at radius 2 is 1.65 bits per heavy atom. The van der Waals surface area contributed by atoms with Crippen molar-refractivity contribution < 1.29 is 18.9 Å². The molecule has 4 rings (SSSR count). The summed E-state index contributed by atoms with van der Waals surface area (Å²) in [5.41, 5.74) is 4.36. The molecule has 0 fully saturated rings. The minimum absolute atomic E-state index is 0. The van der Waals surface area contributed by atoms with Crippen LogP contribution in [0.5, 0.6) is 0 Å². The summed E-state index contributed by atoms with van der Waals surface area (Å²) in [6.45, 7) is 2.15. The van der Waals surface area contributed by atoms with Gasteiger partial charge in [0.15, 0.2) is 0 Å². The largest absolute Gasteiger partial charge is 1.00 e. The summed E-state index contributed by atoms with van der Waals surface area (Å²) >= 11 is 0. The number of benzene rings is 2. The third-order valence-electron chi connectivity index (χ3n) is 4.13. The van der Waals surface area contributed by atoms with Gasteiger partial charge in [0.05, 0.1) is 0 Å². The van der Waals surface area contributed by atoms with E-state index in [1.807, 2.05) is 0 Å². The van der Waals surface area contributed by atoms with Crippen molar-refractivity contribution in [3.63, 3.8) is 0 Å². The van der Waals surface area contributed by atoms with Crippen molar-refractivity contribution in [2.24, 2.45) is 0 Å². The fourth-order valence-electron chi connectivity index (χ4n) is 3.11. The van der Waals surface area contributed by atoms with Gasteiger partial charge in [-0.05, 0) is 17.5 Å². The number of nitrogens with zero attached hydrogens (tertiary/aromatic N) is 1. The van der Waals surface area contributed by atoms with Gasteiger partial charge >= 0.3 is 18.9 Å². The number of hydrogen-bond donors (Lipinski definition) is 0. The van der Waals surface area contributed by atoms with E-state index in [1.54, 1.807) is 0 Å². The molecule has 1 heterocycles. The van der Waals surface area contributed by atoms with Gasteiger partial charge in [0.2, 0.25) is 0 Å². The van der Waals surface area contributed by atoms with Crippen LogP contribution in [0, 0.1) is 0 Å². The van der Waals surface area contributed by atoms with Crippen LogP contribution in [-0.4, -0.2) is 6.54 Å². The summed E-state index contributed by atoms with van der Waals surface area (Å²) < 4.78 is 0. The molecular formula is C18H16LiN. The van der Waals surface area contributed by atoms with Gasteiger partial charge in [0.25, 0.3) is 0 Å². The first-order valence-corrected chi connectivity index (χ1v) is 6.88. The molecule has 3 aromatic rings. The Bertz CT molecular complexity index is 729. The Morgan fingerprint density at radius 3 is 2.55 bits per heavy atom. The average Bonchev–Trinajstić information content (AvgIpc) is 2.91. The van der Waals surface area contributed by atoms with Crippen molar-refractivity contribution in [1.82, 2.24) is 0 Å². The van der Waals surface area contributed by atoms with E-state index in [0.717, 1.165) is 19.5 Å². The number of fused-ring (bicyclic) bond motifs is 2. The molecule has 0 atom stereocenters. The monoisotopic (exact) mass is 253 g/mol. The van der Waals surface area contributed by atoms with Gasteiger partial charge in [-0.25, -0.2) is 0 Å². The zero-order chi connectivity index (χ0) is 12.7. The SMILES string of the molecule is [Li+].c1ccc2c(c1)CCN(c1c[cH-]c3ccccc13)C2. The Labute approximate surface area is 131 Å². The Balaban J connectivity index is 0.00000121. The maximum atomic E-state index is 2.50. The third kappa shape index (κ3) is 2.18. The molecule has 20 heavy (non-hydrogen) atoms. The van der Waals surface area contributed by atoms with Gasteiger partial charge in [-0.3, -0.25) is 0 Å². The van der Waals surface area contributed by atoms with Crippen LogP contribution in [0.15, 0.2) is 60.7 Å². The van der Waals surface area contributed by atoms with E-state index in [2.05, 4.69) is 65.6 Å². The molecular weight excluding hydrogens is 237 g/mol. The van der Waals surface area contributed by atoms with Gasteiger partial charge in [0, 0.05) is 13.1 Å². The normalized spacial score (nSPS) is 13.9. The Morgan fingerprint density at radius 1 is 0.900 bits per heavy atom. The molecule has 1 nitrogen and oxygen atoms in total. The maximum absolute atomic E-state index is 2.50. The van der Waals surface area contributed by atoms with Gasteiger partial charge in [-0.1, -0.05) is 36.0 Å². The molecule has 0 bridgehead atoms. The molecule has 0 N–H and O–H groups in total. The van der Waals surface area contributed by atoms with Gasteiger partial charge in [0.1, 0.15) is 0 Å². The maximum Gasteiger partial charge on any atom is 1.00 e. The van der Waals surface area contributed by atoms with E-state index in [4.69, 9.17) is 0 Å². The van der Waals surface area contributed by atoms with Crippen LogP contribution >= 0.6 is 0 Å². The molecule has 0 aliphatic carbocycles. The van der Waals surface area contributed by atoms with Gasteiger partial charge in [-0.2, -0.15) is 0 Å². The van der Waals surface area contributed by atoms with Crippen molar-refractivity contribution in [2.75, 3.05) is 11.4 Å². The van der Waals surface area contributed by atoms with E-state index in [1.165, 1.54) is 27.6 Å². The van der Waals surface area contributed by atoms with Gasteiger partial charge in [-0.15, -0.1) is 41.1 Å². The van der Waals surface area contributed by atoms with E-state index < -0.39 is 0 Å². The van der Waals surface area contributed by atoms with E-state index in [-0.39, 0.29) is 18.9 Å². The first kappa shape index (κ1) is 13.4. The molecule has 0 radical (unpaired) electrons. The first-order chi connectivity index (χ1) is 9.42. The molecule has 0 unspecified atom stereocenters. The topological polar surface area (TPSA) is 3.24 Å². The number of hydrogen-bond acceptors (Lipinski definition) is 1. The molecule has 0 aromatic heterocycles. The minimum Gasteiger partial charge on any atom is -0.413 e. The number of rotatable bonds is 1. The molecule has 1 aliphatic rings. The molecule has 2 heteroatoms. The number of anilines is 1. The summed E-state index contributed by atoms with van der Waals surface area (Å²) in [4.78, 5) is 2.50. The predicted molar refractivity (Wildman–Crippen MR) is 80.7 cm³/mol. The van der Waals surface area contributed by atoms with Gasteiger partial charge < -0.3 is 4.90 Å². The fourth-order valence-corrected chi connectivity index (χ4v) is 3.11. The average molecular weight is 253 g/mol. The zero-order valence-corrected chi connectivity index (χ0v) is 11.8. The summed E-state index contributed by atoms with van der Waals surface area (Å²) in [6, 6.07) is 22.0. The molecule has 0 amide bonds. The van der Waals surface area contributed by atoms with Crippen LogP contribution in [0.4, 0.5) is 5.69 Å². The molecule has 94 valence electrons. The minimum atomic E-state index is 0. The summed E-state index contributed by atoms with van der Waals surface area (Å²) in [5.74, 6) is 0. The first-order valence-electron chi connectivity index (χ1n) is 6.88. The Kier molecular flexibility index (Phi) is 3.66. The second-order valence-corrected chi connectivity index (χ2v) is 5.25. The molecule has 0 saturated carbocycles.